The van der Waals surface area contributed by atoms with Crippen LogP contribution in [0, 0.1) is 10.7 Å². The minimum Gasteiger partial charge on any atom is -0.341 e. The second-order valence-corrected chi connectivity index (χ2v) is 5.51. The molecule has 1 N–H and O–H groups in total. The Balaban J connectivity index is 1.89. The van der Waals surface area contributed by atoms with Crippen molar-refractivity contribution in [1.82, 2.24) is 14.8 Å². The van der Waals surface area contributed by atoms with E-state index < -0.39 is 0 Å². The molecule has 4 nitrogen and oxygen atoms in total. The van der Waals surface area contributed by atoms with Gasteiger partial charge in [0, 0.05) is 19.1 Å². The average molecular weight is 238 g/mol. The number of H-pyrrole nitrogens is 1. The molecular weight excluding hydrogens is 220 g/mol. The highest BCUT2D eigenvalue weighted by atomic mass is 32.1. The molecule has 1 unspecified atom stereocenters. The van der Waals surface area contributed by atoms with E-state index in [9.17, 15) is 0 Å². The quantitative estimate of drug-likeness (QED) is 0.819. The summed E-state index contributed by atoms with van der Waals surface area (Å²) in [4.78, 5) is 2.28. The first-order valence-corrected chi connectivity index (χ1v) is 6.49. The van der Waals surface area contributed by atoms with Gasteiger partial charge in [-0.15, -0.1) is 5.10 Å². The van der Waals surface area contributed by atoms with E-state index in [1.54, 1.807) is 0 Å². The zero-order valence-electron chi connectivity index (χ0n) is 9.81. The first kappa shape index (κ1) is 10.3. The summed E-state index contributed by atoms with van der Waals surface area (Å²) in [5.74, 6) is 1.87. The van der Waals surface area contributed by atoms with Crippen molar-refractivity contribution in [3.63, 3.8) is 0 Å². The van der Waals surface area contributed by atoms with E-state index in [-0.39, 0.29) is 0 Å². The highest BCUT2D eigenvalue weighted by Gasteiger charge is 2.34. The van der Waals surface area contributed by atoms with Crippen LogP contribution >= 0.6 is 12.2 Å². The Morgan fingerprint density at radius 2 is 2.12 bits per heavy atom. The molecule has 2 saturated carbocycles. The molecular formula is C11H18N4S. The summed E-state index contributed by atoms with van der Waals surface area (Å²) >= 11 is 5.29. The Kier molecular flexibility index (Phi) is 2.31. The second kappa shape index (κ2) is 3.58. The first-order valence-electron chi connectivity index (χ1n) is 6.08. The van der Waals surface area contributed by atoms with Gasteiger partial charge in [0.15, 0.2) is 4.77 Å². The van der Waals surface area contributed by atoms with Crippen molar-refractivity contribution in [3.8, 4) is 0 Å². The SMILES string of the molecule is CC(C1CC1)N(C)c1n[nH]c(=S)n1C1CC1. The van der Waals surface area contributed by atoms with Crippen LogP contribution in [-0.4, -0.2) is 27.9 Å². The minimum absolute atomic E-state index is 0.572. The number of nitrogens with zero attached hydrogens (tertiary/aromatic N) is 3. The zero-order valence-corrected chi connectivity index (χ0v) is 10.6. The fourth-order valence-corrected chi connectivity index (χ4v) is 2.56. The zero-order chi connectivity index (χ0) is 11.3. The molecule has 1 aromatic rings. The third kappa shape index (κ3) is 1.67. The molecule has 1 atom stereocenters. The van der Waals surface area contributed by atoms with E-state index in [2.05, 4.69) is 33.6 Å². The number of aromatic nitrogens is 3. The maximum Gasteiger partial charge on any atom is 0.225 e. The van der Waals surface area contributed by atoms with E-state index >= 15 is 0 Å². The van der Waals surface area contributed by atoms with Gasteiger partial charge in [-0.1, -0.05) is 0 Å². The molecule has 16 heavy (non-hydrogen) atoms. The van der Waals surface area contributed by atoms with Crippen molar-refractivity contribution in [2.24, 2.45) is 5.92 Å². The van der Waals surface area contributed by atoms with E-state index in [1.807, 2.05) is 0 Å². The molecule has 2 fully saturated rings. The van der Waals surface area contributed by atoms with Crippen LogP contribution in [0.2, 0.25) is 0 Å². The third-order valence-electron chi connectivity index (χ3n) is 3.83. The Hall–Kier alpha value is -0.840. The lowest BCUT2D eigenvalue weighted by molar-refractivity contribution is 0.578. The van der Waals surface area contributed by atoms with Gasteiger partial charge in [0.25, 0.3) is 0 Å². The van der Waals surface area contributed by atoms with Crippen molar-refractivity contribution in [3.05, 3.63) is 4.77 Å². The van der Waals surface area contributed by atoms with Gasteiger partial charge < -0.3 is 4.90 Å². The lowest BCUT2D eigenvalue weighted by Gasteiger charge is -2.25. The van der Waals surface area contributed by atoms with Crippen LogP contribution in [0.5, 0.6) is 0 Å². The fraction of sp³-hybridized carbons (Fsp3) is 0.818. The normalized spacial score (nSPS) is 22.1. The fourth-order valence-electron chi connectivity index (χ4n) is 2.28. The summed E-state index contributed by atoms with van der Waals surface area (Å²) in [6, 6.07) is 1.16. The smallest absolute Gasteiger partial charge is 0.225 e. The van der Waals surface area contributed by atoms with Gasteiger partial charge in [-0.25, -0.2) is 5.10 Å². The van der Waals surface area contributed by atoms with Crippen LogP contribution < -0.4 is 4.90 Å². The molecule has 1 aromatic heterocycles. The Labute approximate surface area is 101 Å². The summed E-state index contributed by atoms with van der Waals surface area (Å²) in [5, 5.41) is 7.31. The second-order valence-electron chi connectivity index (χ2n) is 5.12. The minimum atomic E-state index is 0.572. The van der Waals surface area contributed by atoms with Crippen molar-refractivity contribution in [2.45, 2.75) is 44.7 Å². The van der Waals surface area contributed by atoms with Crippen molar-refractivity contribution in [2.75, 3.05) is 11.9 Å². The predicted octanol–water partition coefficient (Wildman–Crippen LogP) is 2.51. The highest BCUT2D eigenvalue weighted by molar-refractivity contribution is 7.71. The van der Waals surface area contributed by atoms with Crippen LogP contribution in [0.25, 0.3) is 0 Å². The van der Waals surface area contributed by atoms with Crippen LogP contribution in [0.15, 0.2) is 0 Å². The van der Waals surface area contributed by atoms with E-state index in [4.69, 9.17) is 12.2 Å². The van der Waals surface area contributed by atoms with Crippen LogP contribution in [0.1, 0.15) is 38.6 Å². The third-order valence-corrected chi connectivity index (χ3v) is 4.12. The number of anilines is 1. The molecule has 3 rings (SSSR count). The summed E-state index contributed by atoms with van der Waals surface area (Å²) in [6.45, 7) is 2.28. The van der Waals surface area contributed by atoms with Gasteiger partial charge in [-0.3, -0.25) is 4.57 Å². The van der Waals surface area contributed by atoms with Gasteiger partial charge in [0.05, 0.1) is 0 Å². The van der Waals surface area contributed by atoms with E-state index in [0.29, 0.717) is 12.1 Å². The van der Waals surface area contributed by atoms with Crippen LogP contribution in [0.4, 0.5) is 5.95 Å². The average Bonchev–Trinajstić information content (AvgIpc) is 3.14. The highest BCUT2D eigenvalue weighted by Crippen LogP contribution is 2.40. The number of hydrogen-bond donors (Lipinski definition) is 1. The van der Waals surface area contributed by atoms with E-state index in [1.165, 1.54) is 25.7 Å². The molecule has 0 bridgehead atoms. The Morgan fingerprint density at radius 1 is 1.44 bits per heavy atom. The van der Waals surface area contributed by atoms with Crippen LogP contribution in [0.3, 0.4) is 0 Å². The first-order chi connectivity index (χ1) is 7.68. The summed E-state index contributed by atoms with van der Waals surface area (Å²) in [6.07, 6.45) is 5.21. The number of rotatable bonds is 4. The van der Waals surface area contributed by atoms with Crippen molar-refractivity contribution in [1.29, 1.82) is 0 Å². The van der Waals surface area contributed by atoms with Gasteiger partial charge in [0.1, 0.15) is 0 Å². The number of nitrogens with one attached hydrogen (secondary N) is 1. The Morgan fingerprint density at radius 3 is 2.69 bits per heavy atom. The number of aromatic amines is 1. The van der Waals surface area contributed by atoms with Gasteiger partial charge in [-0.2, -0.15) is 0 Å². The molecule has 5 heteroatoms. The molecule has 0 radical (unpaired) electrons. The number of hydrogen-bond acceptors (Lipinski definition) is 3. The predicted molar refractivity (Wildman–Crippen MR) is 66.3 cm³/mol. The Bertz CT molecular complexity index is 441. The molecule has 2 aliphatic rings. The largest absolute Gasteiger partial charge is 0.341 e. The molecule has 0 saturated heterocycles. The van der Waals surface area contributed by atoms with Crippen LogP contribution in [-0.2, 0) is 0 Å². The van der Waals surface area contributed by atoms with E-state index in [0.717, 1.165) is 16.6 Å². The van der Waals surface area contributed by atoms with Gasteiger partial charge in [-0.05, 0) is 50.7 Å². The lowest BCUT2D eigenvalue weighted by Crippen LogP contribution is -2.32. The molecule has 88 valence electrons. The summed E-state index contributed by atoms with van der Waals surface area (Å²) < 4.78 is 2.96. The molecule has 2 aliphatic carbocycles. The summed E-state index contributed by atoms with van der Waals surface area (Å²) in [5.41, 5.74) is 0. The standard InChI is InChI=1S/C11H18N4S/c1-7(8-3-4-8)14(2)10-12-13-11(16)15(10)9-5-6-9/h7-9H,3-6H2,1-2H3,(H,13,16). The molecule has 0 aliphatic heterocycles. The topological polar surface area (TPSA) is 36.9 Å². The maximum absolute atomic E-state index is 5.29. The summed E-state index contributed by atoms with van der Waals surface area (Å²) in [7, 11) is 2.13. The van der Waals surface area contributed by atoms with Gasteiger partial charge >= 0.3 is 0 Å². The molecule has 1 heterocycles. The van der Waals surface area contributed by atoms with Crippen molar-refractivity contribution >= 4 is 18.2 Å². The molecule has 0 spiro atoms. The van der Waals surface area contributed by atoms with Gasteiger partial charge in [0.2, 0.25) is 5.95 Å². The lowest BCUT2D eigenvalue weighted by atomic mass is 10.2. The molecule has 0 amide bonds. The molecule has 0 aromatic carbocycles. The maximum atomic E-state index is 5.29. The monoisotopic (exact) mass is 238 g/mol. The van der Waals surface area contributed by atoms with Crippen molar-refractivity contribution < 1.29 is 0 Å².